The van der Waals surface area contributed by atoms with E-state index in [0.717, 1.165) is 31.5 Å². The summed E-state index contributed by atoms with van der Waals surface area (Å²) in [6, 6.07) is 4.70. The third kappa shape index (κ3) is 4.24. The maximum Gasteiger partial charge on any atom is 0.222 e. The molecule has 1 aromatic heterocycles. The summed E-state index contributed by atoms with van der Waals surface area (Å²) in [6.07, 6.45) is 4.52. The number of benzene rings is 1. The molecule has 0 saturated carbocycles. The fourth-order valence-electron chi connectivity index (χ4n) is 3.32. The summed E-state index contributed by atoms with van der Waals surface area (Å²) >= 11 is 5.85. The van der Waals surface area contributed by atoms with Gasteiger partial charge >= 0.3 is 0 Å². The summed E-state index contributed by atoms with van der Waals surface area (Å²) in [4.78, 5) is 16.7. The van der Waals surface area contributed by atoms with Crippen LogP contribution >= 0.6 is 11.6 Å². The molecule has 0 bridgehead atoms. The highest BCUT2D eigenvalue weighted by Crippen LogP contribution is 2.28. The van der Waals surface area contributed by atoms with Crippen LogP contribution in [-0.4, -0.2) is 54.1 Å². The Morgan fingerprint density at radius 3 is 2.85 bits per heavy atom. The summed E-state index contributed by atoms with van der Waals surface area (Å²) in [6.45, 7) is 2.03. The number of amides is 1. The number of carbonyl (C=O) groups is 1. The molecule has 1 fully saturated rings. The van der Waals surface area contributed by atoms with Crippen molar-refractivity contribution in [1.82, 2.24) is 15.0 Å². The van der Waals surface area contributed by atoms with Crippen LogP contribution in [0.2, 0.25) is 5.02 Å². The van der Waals surface area contributed by atoms with Gasteiger partial charge in [-0.05, 0) is 57.6 Å². The molecule has 1 aliphatic rings. The molecule has 0 spiro atoms. The number of hydrogen-bond acceptors (Lipinski definition) is 4. The van der Waals surface area contributed by atoms with Crippen molar-refractivity contribution in [3.05, 3.63) is 40.8 Å². The van der Waals surface area contributed by atoms with Gasteiger partial charge in [-0.2, -0.15) is 0 Å². The van der Waals surface area contributed by atoms with Crippen molar-refractivity contribution in [2.45, 2.75) is 31.7 Å². The first-order valence-corrected chi connectivity index (χ1v) is 9.16. The molecule has 0 unspecified atom stereocenters. The van der Waals surface area contributed by atoms with Crippen molar-refractivity contribution in [3.8, 4) is 11.3 Å². The molecule has 1 saturated heterocycles. The second-order valence-electron chi connectivity index (χ2n) is 6.85. The lowest BCUT2D eigenvalue weighted by Gasteiger charge is -2.35. The van der Waals surface area contributed by atoms with E-state index in [4.69, 9.17) is 16.1 Å². The van der Waals surface area contributed by atoms with Crippen LogP contribution in [0.25, 0.3) is 11.3 Å². The number of likely N-dealkylation sites (tertiary alicyclic amines) is 1. The van der Waals surface area contributed by atoms with Gasteiger partial charge in [0.2, 0.25) is 5.91 Å². The number of piperidine rings is 1. The van der Waals surface area contributed by atoms with E-state index in [0.29, 0.717) is 30.2 Å². The van der Waals surface area contributed by atoms with E-state index < -0.39 is 5.82 Å². The number of halogens is 2. The van der Waals surface area contributed by atoms with Gasteiger partial charge in [0.15, 0.2) is 5.76 Å². The summed E-state index contributed by atoms with van der Waals surface area (Å²) in [5, 5.41) is 3.86. The molecule has 5 nitrogen and oxygen atoms in total. The van der Waals surface area contributed by atoms with Crippen LogP contribution in [-0.2, 0) is 11.2 Å². The molecule has 1 amide bonds. The summed E-state index contributed by atoms with van der Waals surface area (Å²) < 4.78 is 18.7. The molecule has 0 N–H and O–H groups in total. The fraction of sp³-hybridized carbons (Fsp3) is 0.474. The Hall–Kier alpha value is -1.92. The summed E-state index contributed by atoms with van der Waals surface area (Å²) in [5.41, 5.74) is 1.47. The first kappa shape index (κ1) is 18.9. The molecule has 26 heavy (non-hydrogen) atoms. The van der Waals surface area contributed by atoms with Crippen LogP contribution in [0.4, 0.5) is 4.39 Å². The normalized spacial score (nSPS) is 16.0. The average molecular weight is 380 g/mol. The zero-order valence-corrected chi connectivity index (χ0v) is 15.8. The van der Waals surface area contributed by atoms with Crippen LogP contribution < -0.4 is 0 Å². The predicted octanol–water partition coefficient (Wildman–Crippen LogP) is 3.62. The molecule has 3 rings (SSSR count). The van der Waals surface area contributed by atoms with E-state index in [1.165, 1.54) is 12.1 Å². The van der Waals surface area contributed by atoms with E-state index in [1.54, 1.807) is 12.3 Å². The second kappa shape index (κ2) is 8.18. The molecule has 140 valence electrons. The van der Waals surface area contributed by atoms with Crippen molar-refractivity contribution < 1.29 is 13.7 Å². The maximum atomic E-state index is 13.4. The zero-order chi connectivity index (χ0) is 18.7. The molecule has 7 heteroatoms. The Bertz CT molecular complexity index is 772. The van der Waals surface area contributed by atoms with Gasteiger partial charge in [-0.15, -0.1) is 0 Å². The van der Waals surface area contributed by atoms with E-state index in [-0.39, 0.29) is 10.9 Å². The standard InChI is InChI=1S/C19H23ClFN3O2/c1-23-9-7-15(8-10-23)24(2)18(25)6-4-14-12-22-26-19(14)13-3-5-17(21)16(20)11-13/h3,5,11-12,15H,4,6-10H2,1-2H3. The number of hydrogen-bond donors (Lipinski definition) is 0. The Labute approximate surface area is 157 Å². The highest BCUT2D eigenvalue weighted by molar-refractivity contribution is 6.31. The minimum Gasteiger partial charge on any atom is -0.356 e. The Morgan fingerprint density at radius 2 is 2.15 bits per heavy atom. The van der Waals surface area contributed by atoms with E-state index >= 15 is 0 Å². The monoisotopic (exact) mass is 379 g/mol. The topological polar surface area (TPSA) is 49.6 Å². The average Bonchev–Trinajstić information content (AvgIpc) is 3.10. The van der Waals surface area contributed by atoms with Crippen molar-refractivity contribution in [2.75, 3.05) is 27.2 Å². The minimum absolute atomic E-state index is 0.0305. The number of aryl methyl sites for hydroxylation is 1. The number of carbonyl (C=O) groups excluding carboxylic acids is 1. The van der Waals surface area contributed by atoms with Crippen molar-refractivity contribution in [1.29, 1.82) is 0 Å². The second-order valence-corrected chi connectivity index (χ2v) is 7.26. The molecule has 1 aliphatic heterocycles. The van der Waals surface area contributed by atoms with Gasteiger partial charge in [0.1, 0.15) is 5.82 Å². The lowest BCUT2D eigenvalue weighted by Crippen LogP contribution is -2.44. The van der Waals surface area contributed by atoms with Gasteiger partial charge in [-0.25, -0.2) is 4.39 Å². The smallest absolute Gasteiger partial charge is 0.222 e. The number of aromatic nitrogens is 1. The third-order valence-electron chi connectivity index (χ3n) is 5.06. The molecule has 0 radical (unpaired) electrons. The predicted molar refractivity (Wildman–Crippen MR) is 98.5 cm³/mol. The quantitative estimate of drug-likeness (QED) is 0.796. The van der Waals surface area contributed by atoms with Crippen LogP contribution in [0.5, 0.6) is 0 Å². The number of rotatable bonds is 5. The van der Waals surface area contributed by atoms with E-state index in [2.05, 4.69) is 17.1 Å². The molecule has 2 heterocycles. The number of nitrogens with zero attached hydrogens (tertiary/aromatic N) is 3. The SMILES string of the molecule is CN1CCC(N(C)C(=O)CCc2cnoc2-c2ccc(F)c(Cl)c2)CC1. The zero-order valence-electron chi connectivity index (χ0n) is 15.0. The van der Waals surface area contributed by atoms with E-state index in [9.17, 15) is 9.18 Å². The summed E-state index contributed by atoms with van der Waals surface area (Å²) in [5.74, 6) is 0.164. The molecule has 2 aromatic rings. The fourth-order valence-corrected chi connectivity index (χ4v) is 3.50. The van der Waals surface area contributed by atoms with Crippen molar-refractivity contribution in [3.63, 3.8) is 0 Å². The first-order valence-electron chi connectivity index (χ1n) is 8.79. The highest BCUT2D eigenvalue weighted by atomic mass is 35.5. The van der Waals surface area contributed by atoms with Gasteiger partial charge in [-0.1, -0.05) is 16.8 Å². The minimum atomic E-state index is -0.480. The van der Waals surface area contributed by atoms with Gasteiger partial charge in [-0.3, -0.25) is 4.79 Å². The molecule has 0 aliphatic carbocycles. The van der Waals surface area contributed by atoms with Crippen LogP contribution in [0, 0.1) is 5.82 Å². The lowest BCUT2D eigenvalue weighted by molar-refractivity contribution is -0.132. The molecule has 0 atom stereocenters. The first-order chi connectivity index (χ1) is 12.5. The van der Waals surface area contributed by atoms with Crippen LogP contribution in [0.3, 0.4) is 0 Å². The summed E-state index contributed by atoms with van der Waals surface area (Å²) in [7, 11) is 3.99. The lowest BCUT2D eigenvalue weighted by atomic mass is 10.0. The molecule has 1 aromatic carbocycles. The highest BCUT2D eigenvalue weighted by Gasteiger charge is 2.24. The Morgan fingerprint density at radius 1 is 1.42 bits per heavy atom. The maximum absolute atomic E-state index is 13.4. The molecular weight excluding hydrogens is 357 g/mol. The van der Waals surface area contributed by atoms with Gasteiger partial charge < -0.3 is 14.3 Å². The largest absolute Gasteiger partial charge is 0.356 e. The van der Waals surface area contributed by atoms with Crippen LogP contribution in [0.15, 0.2) is 28.9 Å². The van der Waals surface area contributed by atoms with Crippen molar-refractivity contribution in [2.24, 2.45) is 0 Å². The van der Waals surface area contributed by atoms with Gasteiger partial charge in [0.25, 0.3) is 0 Å². The Balaban J connectivity index is 1.62. The Kier molecular flexibility index (Phi) is 5.94. The van der Waals surface area contributed by atoms with E-state index in [1.807, 2.05) is 11.9 Å². The van der Waals surface area contributed by atoms with Gasteiger partial charge in [0.05, 0.1) is 11.2 Å². The molecular formula is C19H23ClFN3O2. The third-order valence-corrected chi connectivity index (χ3v) is 5.35. The van der Waals surface area contributed by atoms with Crippen LogP contribution in [0.1, 0.15) is 24.8 Å². The van der Waals surface area contributed by atoms with Gasteiger partial charge in [0, 0.05) is 30.6 Å². The van der Waals surface area contributed by atoms with Crippen molar-refractivity contribution >= 4 is 17.5 Å².